The number of nitrogens with two attached hydrogens (primary N) is 1. The van der Waals surface area contributed by atoms with E-state index in [1.165, 1.54) is 57.8 Å². The Bertz CT molecular complexity index is 851. The van der Waals surface area contributed by atoms with Gasteiger partial charge in [-0.15, -0.1) is 0 Å². The molecule has 0 amide bonds. The molecule has 2 N–H and O–H groups in total. The van der Waals surface area contributed by atoms with E-state index >= 15 is 0 Å². The van der Waals surface area contributed by atoms with E-state index in [9.17, 15) is 0 Å². The number of rotatable bonds is 3. The summed E-state index contributed by atoms with van der Waals surface area (Å²) in [7, 11) is 0. The van der Waals surface area contributed by atoms with Crippen molar-refractivity contribution >= 4 is 34.6 Å². The van der Waals surface area contributed by atoms with Crippen LogP contribution in [0.3, 0.4) is 0 Å². The highest BCUT2D eigenvalue weighted by Crippen LogP contribution is 2.32. The van der Waals surface area contributed by atoms with Gasteiger partial charge in [-0.25, -0.2) is 9.97 Å². The molecule has 0 aliphatic carbocycles. The Morgan fingerprint density at radius 3 is 1.48 bits per heavy atom. The predicted molar refractivity (Wildman–Crippen MR) is 118 cm³/mol. The fourth-order valence-corrected chi connectivity index (χ4v) is 4.80. The zero-order chi connectivity index (χ0) is 19.6. The van der Waals surface area contributed by atoms with Crippen molar-refractivity contribution in [3.63, 3.8) is 0 Å². The zero-order valence-corrected chi connectivity index (χ0v) is 17.3. The molecule has 3 aliphatic heterocycles. The number of aromatic nitrogens is 4. The number of hydrogen-bond donors (Lipinski definition) is 1. The molecule has 0 aromatic carbocycles. The van der Waals surface area contributed by atoms with Crippen LogP contribution in [-0.4, -0.2) is 59.2 Å². The molecule has 0 spiro atoms. The third kappa shape index (κ3) is 3.76. The highest BCUT2D eigenvalue weighted by atomic mass is 15.3. The van der Waals surface area contributed by atoms with Crippen LogP contribution in [-0.2, 0) is 0 Å². The predicted octanol–water partition coefficient (Wildman–Crippen LogP) is 2.97. The van der Waals surface area contributed by atoms with Crippen LogP contribution in [0.1, 0.15) is 57.8 Å². The van der Waals surface area contributed by atoms with Crippen molar-refractivity contribution in [2.45, 2.75) is 57.8 Å². The monoisotopic (exact) mass is 396 g/mol. The van der Waals surface area contributed by atoms with Gasteiger partial charge in [-0.2, -0.15) is 9.97 Å². The summed E-state index contributed by atoms with van der Waals surface area (Å²) < 4.78 is 0. The van der Waals surface area contributed by atoms with Crippen molar-refractivity contribution in [3.8, 4) is 0 Å². The lowest BCUT2D eigenvalue weighted by atomic mass is 10.1. The number of fused-ring (bicyclic) bond motifs is 1. The molecule has 3 fully saturated rings. The summed E-state index contributed by atoms with van der Waals surface area (Å²) >= 11 is 0. The van der Waals surface area contributed by atoms with Crippen molar-refractivity contribution in [2.75, 3.05) is 59.7 Å². The number of nitrogens with zero attached hydrogens (tertiary/aromatic N) is 7. The van der Waals surface area contributed by atoms with Crippen LogP contribution in [0.5, 0.6) is 0 Å². The highest BCUT2D eigenvalue weighted by Gasteiger charge is 2.24. The molecule has 156 valence electrons. The van der Waals surface area contributed by atoms with E-state index in [0.29, 0.717) is 11.3 Å². The second kappa shape index (κ2) is 8.16. The lowest BCUT2D eigenvalue weighted by Gasteiger charge is -2.32. The van der Waals surface area contributed by atoms with Gasteiger partial charge in [0.05, 0.1) is 0 Å². The topological polar surface area (TPSA) is 87.3 Å². The molecule has 2 aromatic rings. The first-order valence-electron chi connectivity index (χ1n) is 11.4. The fraction of sp³-hybridized carbons (Fsp3) is 0.714. The Labute approximate surface area is 172 Å². The number of piperidine rings is 3. The maximum atomic E-state index is 6.46. The van der Waals surface area contributed by atoms with Gasteiger partial charge in [-0.05, 0) is 57.8 Å². The molecule has 3 aliphatic rings. The van der Waals surface area contributed by atoms with Crippen molar-refractivity contribution < 1.29 is 0 Å². The summed E-state index contributed by atoms with van der Waals surface area (Å²) in [5.41, 5.74) is 7.99. The van der Waals surface area contributed by atoms with Gasteiger partial charge in [-0.1, -0.05) is 0 Å². The van der Waals surface area contributed by atoms with Gasteiger partial charge in [0.1, 0.15) is 11.0 Å². The summed E-state index contributed by atoms with van der Waals surface area (Å²) in [6.45, 7) is 6.06. The molecule has 8 heteroatoms. The molecule has 3 saturated heterocycles. The van der Waals surface area contributed by atoms with Gasteiger partial charge in [0.25, 0.3) is 0 Å². The summed E-state index contributed by atoms with van der Waals surface area (Å²) in [5, 5.41) is 0. The van der Waals surface area contributed by atoms with Gasteiger partial charge in [0.15, 0.2) is 11.6 Å². The van der Waals surface area contributed by atoms with Crippen LogP contribution >= 0.6 is 0 Å². The van der Waals surface area contributed by atoms with Crippen molar-refractivity contribution in [3.05, 3.63) is 0 Å². The lowest BCUT2D eigenvalue weighted by Crippen LogP contribution is -2.34. The third-order valence-corrected chi connectivity index (χ3v) is 6.46. The van der Waals surface area contributed by atoms with E-state index in [2.05, 4.69) is 19.7 Å². The minimum absolute atomic E-state index is 0.481. The molecular weight excluding hydrogens is 364 g/mol. The van der Waals surface area contributed by atoms with Gasteiger partial charge in [0, 0.05) is 39.3 Å². The van der Waals surface area contributed by atoms with Crippen LogP contribution < -0.4 is 20.4 Å². The molecular formula is C21H32N8. The Hall–Kier alpha value is -2.38. The molecule has 0 bridgehead atoms. The van der Waals surface area contributed by atoms with Gasteiger partial charge >= 0.3 is 0 Å². The Balaban J connectivity index is 1.61. The SMILES string of the molecule is Nc1nc(N2CCCCC2)nc2c(N3CCCCC3)nc(N3CCCCC3)nc12. The van der Waals surface area contributed by atoms with Crippen molar-refractivity contribution in [1.82, 2.24) is 19.9 Å². The second-order valence-electron chi connectivity index (χ2n) is 8.60. The summed E-state index contributed by atoms with van der Waals surface area (Å²) in [4.78, 5) is 26.5. The Morgan fingerprint density at radius 2 is 0.931 bits per heavy atom. The minimum Gasteiger partial charge on any atom is -0.382 e. The van der Waals surface area contributed by atoms with E-state index in [-0.39, 0.29) is 0 Å². The molecule has 5 rings (SSSR count). The molecule has 0 atom stereocenters. The average molecular weight is 397 g/mol. The standard InChI is InChI=1S/C21H32N8/c22-18-16-17(24-20(25-18)28-12-6-2-7-13-28)19(27-10-4-1-5-11-27)26-21(23-16)29-14-8-3-9-15-29/h1-15H2,(H2,22,24,25). The van der Waals surface area contributed by atoms with Crippen molar-refractivity contribution in [2.24, 2.45) is 0 Å². The normalized spacial score (nSPS) is 21.0. The van der Waals surface area contributed by atoms with E-state index in [1.54, 1.807) is 0 Å². The number of nitrogen functional groups attached to an aromatic ring is 1. The summed E-state index contributed by atoms with van der Waals surface area (Å²) in [5.74, 6) is 2.96. The van der Waals surface area contributed by atoms with Crippen LogP contribution in [0.2, 0.25) is 0 Å². The van der Waals surface area contributed by atoms with Crippen LogP contribution in [0.4, 0.5) is 23.5 Å². The van der Waals surface area contributed by atoms with Gasteiger partial charge < -0.3 is 20.4 Å². The molecule has 29 heavy (non-hydrogen) atoms. The third-order valence-electron chi connectivity index (χ3n) is 6.46. The summed E-state index contributed by atoms with van der Waals surface area (Å²) in [6.07, 6.45) is 11.0. The Kier molecular flexibility index (Phi) is 5.24. The smallest absolute Gasteiger partial charge is 0.228 e. The molecule has 0 radical (unpaired) electrons. The van der Waals surface area contributed by atoms with E-state index < -0.39 is 0 Å². The fourth-order valence-electron chi connectivity index (χ4n) is 4.80. The first-order valence-corrected chi connectivity index (χ1v) is 11.4. The molecule has 2 aromatic heterocycles. The van der Waals surface area contributed by atoms with Crippen LogP contribution in [0.15, 0.2) is 0 Å². The largest absolute Gasteiger partial charge is 0.382 e. The van der Waals surface area contributed by atoms with Crippen LogP contribution in [0, 0.1) is 0 Å². The molecule has 0 saturated carbocycles. The zero-order valence-electron chi connectivity index (χ0n) is 17.3. The van der Waals surface area contributed by atoms with E-state index in [0.717, 1.165) is 62.5 Å². The lowest BCUT2D eigenvalue weighted by molar-refractivity contribution is 0.561. The Morgan fingerprint density at radius 1 is 0.483 bits per heavy atom. The maximum absolute atomic E-state index is 6.46. The maximum Gasteiger partial charge on any atom is 0.228 e. The van der Waals surface area contributed by atoms with E-state index in [4.69, 9.17) is 20.7 Å². The van der Waals surface area contributed by atoms with Gasteiger partial charge in [-0.3, -0.25) is 0 Å². The first-order chi connectivity index (χ1) is 14.3. The second-order valence-corrected chi connectivity index (χ2v) is 8.60. The summed E-state index contributed by atoms with van der Waals surface area (Å²) in [6, 6.07) is 0. The molecule has 8 nitrogen and oxygen atoms in total. The van der Waals surface area contributed by atoms with Crippen LogP contribution in [0.25, 0.3) is 11.0 Å². The van der Waals surface area contributed by atoms with Crippen molar-refractivity contribution in [1.29, 1.82) is 0 Å². The number of anilines is 4. The highest BCUT2D eigenvalue weighted by molar-refractivity contribution is 5.94. The van der Waals surface area contributed by atoms with Gasteiger partial charge in [0.2, 0.25) is 11.9 Å². The minimum atomic E-state index is 0.481. The average Bonchev–Trinajstić information content (AvgIpc) is 2.80. The van der Waals surface area contributed by atoms with E-state index in [1.807, 2.05) is 0 Å². The first kappa shape index (κ1) is 18.6. The number of hydrogen-bond acceptors (Lipinski definition) is 8. The quantitative estimate of drug-likeness (QED) is 0.847. The molecule has 0 unspecified atom stereocenters. The molecule has 5 heterocycles.